The minimum atomic E-state index is -3.59. The highest BCUT2D eigenvalue weighted by Gasteiger charge is 2.29. The molecule has 0 unspecified atom stereocenters. The van der Waals surface area contributed by atoms with E-state index in [1.807, 2.05) is 0 Å². The second kappa shape index (κ2) is 8.98. The van der Waals surface area contributed by atoms with Crippen LogP contribution >= 0.6 is 0 Å². The third kappa shape index (κ3) is 5.27. The van der Waals surface area contributed by atoms with Crippen LogP contribution < -0.4 is 0 Å². The van der Waals surface area contributed by atoms with Gasteiger partial charge in [-0.15, -0.1) is 0 Å². The highest BCUT2D eigenvalue weighted by molar-refractivity contribution is 7.91. The summed E-state index contributed by atoms with van der Waals surface area (Å²) in [5.41, 5.74) is 2.58. The first-order valence-corrected chi connectivity index (χ1v) is 13.2. The van der Waals surface area contributed by atoms with Crippen LogP contribution in [-0.4, -0.2) is 40.0 Å². The van der Waals surface area contributed by atoms with Gasteiger partial charge in [0.25, 0.3) is 0 Å². The SMILES string of the molecule is CCS(=O)(=O)c1ccc(S(=O)(=O)N2CCC(CCc3ccc(C)cc3)CC2)cc1. The molecule has 1 heterocycles. The average Bonchev–Trinajstić information content (AvgIpc) is 2.74. The fourth-order valence-corrected chi connectivity index (χ4v) is 6.05. The van der Waals surface area contributed by atoms with Crippen LogP contribution in [0.5, 0.6) is 0 Å². The van der Waals surface area contributed by atoms with Crippen LogP contribution in [-0.2, 0) is 26.3 Å². The summed E-state index contributed by atoms with van der Waals surface area (Å²) in [7, 11) is -6.92. The van der Waals surface area contributed by atoms with E-state index in [9.17, 15) is 16.8 Å². The Kier molecular flexibility index (Phi) is 6.81. The summed E-state index contributed by atoms with van der Waals surface area (Å²) in [4.78, 5) is 0.319. The molecule has 0 aliphatic carbocycles. The lowest BCUT2D eigenvalue weighted by atomic mass is 9.91. The molecule has 2 aromatic carbocycles. The van der Waals surface area contributed by atoms with Gasteiger partial charge in [0.2, 0.25) is 10.0 Å². The summed E-state index contributed by atoms with van der Waals surface area (Å²) in [6.45, 7) is 4.67. The number of sulfone groups is 1. The number of rotatable bonds is 7. The van der Waals surface area contributed by atoms with Crippen LogP contribution in [0.1, 0.15) is 37.3 Å². The normalized spacial score (nSPS) is 16.8. The molecule has 1 aliphatic rings. The van der Waals surface area contributed by atoms with Gasteiger partial charge in [0.15, 0.2) is 9.84 Å². The molecular formula is C22H29NO4S2. The fourth-order valence-electron chi connectivity index (χ4n) is 3.70. The maximum atomic E-state index is 12.9. The van der Waals surface area contributed by atoms with Crippen molar-refractivity contribution in [2.75, 3.05) is 18.8 Å². The molecule has 0 saturated carbocycles. The molecule has 0 bridgehead atoms. The zero-order chi connectivity index (χ0) is 21.1. The number of benzene rings is 2. The zero-order valence-corrected chi connectivity index (χ0v) is 18.7. The summed E-state index contributed by atoms with van der Waals surface area (Å²) >= 11 is 0. The first-order chi connectivity index (χ1) is 13.7. The minimum absolute atomic E-state index is 0.00476. The van der Waals surface area contributed by atoms with Crippen molar-refractivity contribution >= 4 is 19.9 Å². The monoisotopic (exact) mass is 435 g/mol. The topological polar surface area (TPSA) is 71.5 Å². The van der Waals surface area contributed by atoms with E-state index in [0.717, 1.165) is 25.7 Å². The van der Waals surface area contributed by atoms with E-state index < -0.39 is 19.9 Å². The van der Waals surface area contributed by atoms with Gasteiger partial charge in [0.1, 0.15) is 0 Å². The molecule has 0 atom stereocenters. The quantitative estimate of drug-likeness (QED) is 0.663. The number of hydrogen-bond acceptors (Lipinski definition) is 4. The summed E-state index contributed by atoms with van der Waals surface area (Å²) < 4.78 is 51.2. The lowest BCUT2D eigenvalue weighted by Crippen LogP contribution is -2.38. The first-order valence-electron chi connectivity index (χ1n) is 10.1. The molecular weight excluding hydrogens is 406 g/mol. The Balaban J connectivity index is 1.58. The second-order valence-electron chi connectivity index (χ2n) is 7.75. The Morgan fingerprint density at radius 2 is 1.41 bits per heavy atom. The number of sulfonamides is 1. The highest BCUT2D eigenvalue weighted by Crippen LogP contribution is 2.27. The predicted octanol–water partition coefficient (Wildman–Crippen LogP) is 3.82. The predicted molar refractivity (Wildman–Crippen MR) is 115 cm³/mol. The van der Waals surface area contributed by atoms with Gasteiger partial charge in [-0.05, 0) is 68.4 Å². The number of hydrogen-bond donors (Lipinski definition) is 0. The summed E-state index contributed by atoms with van der Waals surface area (Å²) in [5.74, 6) is 0.523. The van der Waals surface area contributed by atoms with E-state index in [1.54, 1.807) is 6.92 Å². The maximum absolute atomic E-state index is 12.9. The molecule has 0 amide bonds. The van der Waals surface area contributed by atoms with Crippen LogP contribution in [0.15, 0.2) is 58.3 Å². The van der Waals surface area contributed by atoms with E-state index in [1.165, 1.54) is 39.7 Å². The van der Waals surface area contributed by atoms with E-state index in [-0.39, 0.29) is 15.5 Å². The Morgan fingerprint density at radius 3 is 1.97 bits per heavy atom. The van der Waals surface area contributed by atoms with Crippen molar-refractivity contribution in [3.8, 4) is 0 Å². The average molecular weight is 436 g/mol. The van der Waals surface area contributed by atoms with E-state index in [2.05, 4.69) is 31.2 Å². The molecule has 0 N–H and O–H groups in total. The van der Waals surface area contributed by atoms with Crippen molar-refractivity contribution in [1.82, 2.24) is 4.31 Å². The lowest BCUT2D eigenvalue weighted by molar-refractivity contribution is 0.263. The van der Waals surface area contributed by atoms with Gasteiger partial charge in [-0.1, -0.05) is 36.8 Å². The van der Waals surface area contributed by atoms with Gasteiger partial charge in [0, 0.05) is 13.1 Å². The molecule has 1 fully saturated rings. The molecule has 158 valence electrons. The van der Waals surface area contributed by atoms with Crippen molar-refractivity contribution in [3.63, 3.8) is 0 Å². The molecule has 0 aromatic heterocycles. The molecule has 0 spiro atoms. The maximum Gasteiger partial charge on any atom is 0.243 e. The number of nitrogens with zero attached hydrogens (tertiary/aromatic N) is 1. The molecule has 7 heteroatoms. The number of aryl methyl sites for hydroxylation is 2. The fraction of sp³-hybridized carbons (Fsp3) is 0.455. The smallest absolute Gasteiger partial charge is 0.224 e. The van der Waals surface area contributed by atoms with Crippen LogP contribution in [0.2, 0.25) is 0 Å². The molecule has 3 rings (SSSR count). The van der Waals surface area contributed by atoms with Gasteiger partial charge in [-0.3, -0.25) is 0 Å². The third-order valence-corrected chi connectivity index (χ3v) is 9.40. The van der Waals surface area contributed by atoms with E-state index >= 15 is 0 Å². The molecule has 0 radical (unpaired) electrons. The van der Waals surface area contributed by atoms with Crippen LogP contribution in [0.25, 0.3) is 0 Å². The van der Waals surface area contributed by atoms with Crippen LogP contribution in [0.4, 0.5) is 0 Å². The van der Waals surface area contributed by atoms with Crippen molar-refractivity contribution in [2.45, 2.75) is 49.3 Å². The third-order valence-electron chi connectivity index (χ3n) is 5.74. The van der Waals surface area contributed by atoms with Gasteiger partial charge in [0.05, 0.1) is 15.5 Å². The van der Waals surface area contributed by atoms with Crippen molar-refractivity contribution in [3.05, 3.63) is 59.7 Å². The van der Waals surface area contributed by atoms with Gasteiger partial charge in [-0.2, -0.15) is 4.31 Å². The summed E-state index contributed by atoms with van der Waals surface area (Å²) in [6, 6.07) is 14.2. The van der Waals surface area contributed by atoms with Crippen molar-refractivity contribution in [1.29, 1.82) is 0 Å². The molecule has 29 heavy (non-hydrogen) atoms. The van der Waals surface area contributed by atoms with E-state index in [4.69, 9.17) is 0 Å². The second-order valence-corrected chi connectivity index (χ2v) is 12.0. The Morgan fingerprint density at radius 1 is 0.862 bits per heavy atom. The molecule has 1 aliphatic heterocycles. The highest BCUT2D eigenvalue weighted by atomic mass is 32.2. The first kappa shape index (κ1) is 22.0. The standard InChI is InChI=1S/C22H29NO4S2/c1-3-28(24,25)21-10-12-22(13-11-21)29(26,27)23-16-14-20(15-17-23)9-8-19-6-4-18(2)5-7-19/h4-7,10-13,20H,3,8-9,14-17H2,1-2H3. The van der Waals surface area contributed by atoms with E-state index in [0.29, 0.717) is 19.0 Å². The Labute approximate surface area is 174 Å². The number of piperidine rings is 1. The lowest BCUT2D eigenvalue weighted by Gasteiger charge is -2.31. The van der Waals surface area contributed by atoms with Gasteiger partial charge in [-0.25, -0.2) is 16.8 Å². The van der Waals surface area contributed by atoms with Gasteiger partial charge < -0.3 is 0 Å². The molecule has 1 saturated heterocycles. The largest absolute Gasteiger partial charge is 0.243 e. The summed E-state index contributed by atoms with van der Waals surface area (Å²) in [5, 5.41) is 0. The molecule has 2 aromatic rings. The van der Waals surface area contributed by atoms with Crippen molar-refractivity contribution in [2.24, 2.45) is 5.92 Å². The van der Waals surface area contributed by atoms with Gasteiger partial charge >= 0.3 is 0 Å². The summed E-state index contributed by atoms with van der Waals surface area (Å²) in [6.07, 6.45) is 3.80. The Hall–Kier alpha value is -1.70. The van der Waals surface area contributed by atoms with Crippen LogP contribution in [0, 0.1) is 12.8 Å². The van der Waals surface area contributed by atoms with Crippen LogP contribution in [0.3, 0.4) is 0 Å². The zero-order valence-electron chi connectivity index (χ0n) is 17.0. The Bertz CT molecular complexity index is 1020. The van der Waals surface area contributed by atoms with Crippen molar-refractivity contribution < 1.29 is 16.8 Å². The minimum Gasteiger partial charge on any atom is -0.224 e. The molecule has 5 nitrogen and oxygen atoms in total.